The van der Waals surface area contributed by atoms with Crippen molar-refractivity contribution >= 4 is 22.0 Å². The van der Waals surface area contributed by atoms with E-state index in [2.05, 4.69) is 17.3 Å². The fourth-order valence-electron chi connectivity index (χ4n) is 4.16. The molecule has 7 heteroatoms. The number of carbonyl (C=O) groups is 1. The minimum atomic E-state index is -3.43. The Morgan fingerprint density at radius 2 is 1.67 bits per heavy atom. The van der Waals surface area contributed by atoms with Crippen LogP contribution in [0.25, 0.3) is 6.08 Å². The minimum absolute atomic E-state index is 0.107. The number of nitrogens with zero attached hydrogens (tertiary/aromatic N) is 2. The first-order valence-electron chi connectivity index (χ1n) is 11.2. The van der Waals surface area contributed by atoms with Gasteiger partial charge in [0.2, 0.25) is 15.9 Å². The number of nitrogens with one attached hydrogen (secondary N) is 1. The summed E-state index contributed by atoms with van der Waals surface area (Å²) in [6, 6.07) is 6.79. The van der Waals surface area contributed by atoms with E-state index in [-0.39, 0.29) is 5.91 Å². The van der Waals surface area contributed by atoms with Crippen molar-refractivity contribution in [2.75, 3.05) is 39.8 Å². The molecular weight excluding hydrogens is 398 g/mol. The normalized spacial score (nSPS) is 20.3. The standard InChI is InChI=1S/C23H35N3O3S/c1-25-18-13-21(14-19-25)12-15-24-23(27)11-8-20-6-9-22(10-7-20)30(28,29)26-16-4-2-3-5-17-26/h6-11,21H,2-5,12-19H2,1H3,(H,24,27). The Hall–Kier alpha value is -1.70. The van der Waals surface area contributed by atoms with Crippen LogP contribution in [-0.4, -0.2) is 63.3 Å². The van der Waals surface area contributed by atoms with Gasteiger partial charge in [0.05, 0.1) is 4.90 Å². The van der Waals surface area contributed by atoms with Crippen molar-refractivity contribution in [3.8, 4) is 0 Å². The van der Waals surface area contributed by atoms with E-state index in [9.17, 15) is 13.2 Å². The second-order valence-electron chi connectivity index (χ2n) is 8.55. The highest BCUT2D eigenvalue weighted by Gasteiger charge is 2.24. The van der Waals surface area contributed by atoms with Gasteiger partial charge < -0.3 is 10.2 Å². The summed E-state index contributed by atoms with van der Waals surface area (Å²) in [5, 5.41) is 2.95. The first-order chi connectivity index (χ1) is 14.4. The average molecular weight is 434 g/mol. The molecule has 2 aliphatic heterocycles. The van der Waals surface area contributed by atoms with Crippen LogP contribution in [-0.2, 0) is 14.8 Å². The predicted octanol–water partition coefficient (Wildman–Crippen LogP) is 3.11. The van der Waals surface area contributed by atoms with E-state index in [1.54, 1.807) is 34.6 Å². The summed E-state index contributed by atoms with van der Waals surface area (Å²) in [5.41, 5.74) is 0.815. The SMILES string of the molecule is CN1CCC(CCNC(=O)C=Cc2ccc(S(=O)(=O)N3CCCCCC3)cc2)CC1. The highest BCUT2D eigenvalue weighted by atomic mass is 32.2. The molecule has 0 unspecified atom stereocenters. The fourth-order valence-corrected chi connectivity index (χ4v) is 5.68. The van der Waals surface area contributed by atoms with Crippen molar-refractivity contribution in [2.45, 2.75) is 49.8 Å². The maximum absolute atomic E-state index is 12.8. The molecule has 1 aromatic carbocycles. The molecule has 0 spiro atoms. The molecule has 0 aromatic heterocycles. The summed E-state index contributed by atoms with van der Waals surface area (Å²) in [6.45, 7) is 4.18. The maximum atomic E-state index is 12.8. The molecule has 2 fully saturated rings. The fraction of sp³-hybridized carbons (Fsp3) is 0.609. The Morgan fingerprint density at radius 1 is 1.03 bits per heavy atom. The molecule has 0 bridgehead atoms. The number of sulfonamides is 1. The Balaban J connectivity index is 1.47. The lowest BCUT2D eigenvalue weighted by atomic mass is 9.94. The van der Waals surface area contributed by atoms with Crippen molar-refractivity contribution in [1.82, 2.24) is 14.5 Å². The third kappa shape index (κ3) is 6.65. The van der Waals surface area contributed by atoms with Crippen molar-refractivity contribution in [2.24, 2.45) is 5.92 Å². The van der Waals surface area contributed by atoms with Crippen molar-refractivity contribution in [1.29, 1.82) is 0 Å². The van der Waals surface area contributed by atoms with E-state index in [4.69, 9.17) is 0 Å². The summed E-state index contributed by atoms with van der Waals surface area (Å²) in [7, 11) is -1.28. The lowest BCUT2D eigenvalue weighted by Gasteiger charge is -2.28. The highest BCUT2D eigenvalue weighted by molar-refractivity contribution is 7.89. The Kier molecular flexibility index (Phi) is 8.48. The van der Waals surface area contributed by atoms with E-state index < -0.39 is 10.0 Å². The molecule has 1 aromatic rings. The third-order valence-electron chi connectivity index (χ3n) is 6.20. The number of piperidine rings is 1. The number of likely N-dealkylation sites (tertiary alicyclic amines) is 1. The lowest BCUT2D eigenvalue weighted by Crippen LogP contribution is -2.32. The Morgan fingerprint density at radius 3 is 2.30 bits per heavy atom. The van der Waals surface area contributed by atoms with E-state index in [1.165, 1.54) is 18.9 Å². The average Bonchev–Trinajstić information content (AvgIpc) is 3.04. The van der Waals surface area contributed by atoms with Gasteiger partial charge in [-0.25, -0.2) is 8.42 Å². The van der Waals surface area contributed by atoms with E-state index >= 15 is 0 Å². The van der Waals surface area contributed by atoms with Gasteiger partial charge in [-0.2, -0.15) is 4.31 Å². The number of hydrogen-bond acceptors (Lipinski definition) is 4. The van der Waals surface area contributed by atoms with Gasteiger partial charge in [-0.05, 0) is 81.9 Å². The number of amides is 1. The molecule has 2 saturated heterocycles. The molecule has 0 saturated carbocycles. The third-order valence-corrected chi connectivity index (χ3v) is 8.11. The van der Waals surface area contributed by atoms with Crippen molar-refractivity contribution in [3.05, 3.63) is 35.9 Å². The number of benzene rings is 1. The van der Waals surface area contributed by atoms with Crippen molar-refractivity contribution in [3.63, 3.8) is 0 Å². The van der Waals surface area contributed by atoms with Crippen LogP contribution in [0, 0.1) is 5.92 Å². The van der Waals surface area contributed by atoms with Crippen LogP contribution in [0.4, 0.5) is 0 Å². The second kappa shape index (κ2) is 11.1. The van der Waals surface area contributed by atoms with Crippen LogP contribution in [0.2, 0.25) is 0 Å². The molecule has 1 amide bonds. The smallest absolute Gasteiger partial charge is 0.243 e. The molecule has 0 atom stereocenters. The molecule has 6 nitrogen and oxygen atoms in total. The summed E-state index contributed by atoms with van der Waals surface area (Å²) in [5.74, 6) is 0.591. The van der Waals surface area contributed by atoms with Gasteiger partial charge in [0, 0.05) is 25.7 Å². The van der Waals surface area contributed by atoms with Crippen LogP contribution >= 0.6 is 0 Å². The van der Waals surface area contributed by atoms with E-state index in [1.807, 2.05) is 0 Å². The van der Waals surface area contributed by atoms with Gasteiger partial charge in [-0.1, -0.05) is 25.0 Å². The first kappa shape index (κ1) is 23.0. The van der Waals surface area contributed by atoms with Gasteiger partial charge in [0.25, 0.3) is 0 Å². The van der Waals surface area contributed by atoms with Gasteiger partial charge in [0.15, 0.2) is 0 Å². The zero-order valence-electron chi connectivity index (χ0n) is 18.1. The Labute approximate surface area is 181 Å². The molecule has 1 N–H and O–H groups in total. The van der Waals surface area contributed by atoms with Crippen LogP contribution < -0.4 is 5.32 Å². The van der Waals surface area contributed by atoms with E-state index in [0.717, 1.165) is 50.8 Å². The minimum Gasteiger partial charge on any atom is -0.353 e. The monoisotopic (exact) mass is 433 g/mol. The summed E-state index contributed by atoms with van der Waals surface area (Å²) < 4.78 is 27.3. The quantitative estimate of drug-likeness (QED) is 0.671. The van der Waals surface area contributed by atoms with Crippen LogP contribution in [0.1, 0.15) is 50.5 Å². The number of rotatable bonds is 7. The molecule has 2 heterocycles. The van der Waals surface area contributed by atoms with Gasteiger partial charge in [0.1, 0.15) is 0 Å². The predicted molar refractivity (Wildman–Crippen MR) is 121 cm³/mol. The highest BCUT2D eigenvalue weighted by Crippen LogP contribution is 2.21. The van der Waals surface area contributed by atoms with Crippen molar-refractivity contribution < 1.29 is 13.2 Å². The summed E-state index contributed by atoms with van der Waals surface area (Å²) >= 11 is 0. The van der Waals surface area contributed by atoms with Gasteiger partial charge >= 0.3 is 0 Å². The van der Waals surface area contributed by atoms with E-state index in [0.29, 0.717) is 30.4 Å². The molecule has 3 rings (SSSR count). The first-order valence-corrected chi connectivity index (χ1v) is 12.6. The molecule has 166 valence electrons. The summed E-state index contributed by atoms with van der Waals surface area (Å²) in [4.78, 5) is 14.7. The number of carbonyl (C=O) groups excluding carboxylic acids is 1. The summed E-state index contributed by atoms with van der Waals surface area (Å²) in [6.07, 6.45) is 10.7. The largest absolute Gasteiger partial charge is 0.353 e. The van der Waals surface area contributed by atoms with Gasteiger partial charge in [-0.15, -0.1) is 0 Å². The molecule has 2 aliphatic rings. The van der Waals surface area contributed by atoms with Crippen LogP contribution in [0.5, 0.6) is 0 Å². The second-order valence-corrected chi connectivity index (χ2v) is 10.5. The van der Waals surface area contributed by atoms with Crippen LogP contribution in [0.15, 0.2) is 35.2 Å². The molecule has 30 heavy (non-hydrogen) atoms. The molecule has 0 aliphatic carbocycles. The Bertz CT molecular complexity index is 805. The molecular formula is C23H35N3O3S. The zero-order valence-corrected chi connectivity index (χ0v) is 18.9. The topological polar surface area (TPSA) is 69.7 Å². The number of hydrogen-bond donors (Lipinski definition) is 1. The van der Waals surface area contributed by atoms with Crippen LogP contribution in [0.3, 0.4) is 0 Å². The van der Waals surface area contributed by atoms with Gasteiger partial charge in [-0.3, -0.25) is 4.79 Å². The zero-order chi connectivity index (χ0) is 21.4. The molecule has 0 radical (unpaired) electrons. The maximum Gasteiger partial charge on any atom is 0.243 e. The lowest BCUT2D eigenvalue weighted by molar-refractivity contribution is -0.116.